The second kappa shape index (κ2) is 12.3. The third-order valence-electron chi connectivity index (χ3n) is 5.62. The molecular weight excluding hydrogens is 463 g/mol. The van der Waals surface area contributed by atoms with Crippen molar-refractivity contribution in [3.8, 4) is 0 Å². The Morgan fingerprint density at radius 3 is 2.20 bits per heavy atom. The van der Waals surface area contributed by atoms with Crippen LogP contribution in [0, 0.1) is 0 Å². The van der Waals surface area contributed by atoms with Crippen LogP contribution in [-0.4, -0.2) is 57.7 Å². The summed E-state index contributed by atoms with van der Waals surface area (Å²) in [5.41, 5.74) is 1.39. The van der Waals surface area contributed by atoms with Crippen LogP contribution in [0.2, 0.25) is 0 Å². The summed E-state index contributed by atoms with van der Waals surface area (Å²) in [6, 6.07) is 12.5. The number of nitrogens with zero attached hydrogens (tertiary/aromatic N) is 1. The molecule has 0 N–H and O–H groups in total. The second-order valence-electron chi connectivity index (χ2n) is 7.99. The number of oxime groups is 1. The van der Waals surface area contributed by atoms with Gasteiger partial charge in [-0.25, -0.2) is 0 Å². The van der Waals surface area contributed by atoms with Crippen molar-refractivity contribution >= 4 is 18.4 Å². The smallest absolute Gasteiger partial charge is 0.376 e. The minimum atomic E-state index is -4.37. The molecule has 6 nitrogen and oxygen atoms in total. The Morgan fingerprint density at radius 1 is 0.914 bits per heavy atom. The van der Waals surface area contributed by atoms with Crippen LogP contribution in [0.5, 0.6) is 0 Å². The molecule has 0 radical (unpaired) electrons. The Hall–Kier alpha value is -2.72. The number of methoxy groups -OCH3 is 2. The summed E-state index contributed by atoms with van der Waals surface area (Å²) in [7, 11) is 3.15. The maximum absolute atomic E-state index is 12.9. The highest BCUT2D eigenvalue weighted by molar-refractivity contribution is 5.80. The van der Waals surface area contributed by atoms with E-state index < -0.39 is 24.1 Å². The number of hydrogen-bond donors (Lipinski definition) is 0. The van der Waals surface area contributed by atoms with Gasteiger partial charge in [0.1, 0.15) is 12.2 Å². The summed E-state index contributed by atoms with van der Waals surface area (Å²) in [5, 5.41) is 4.05. The van der Waals surface area contributed by atoms with Crippen LogP contribution < -0.4 is 0 Å². The van der Waals surface area contributed by atoms with Crippen LogP contribution >= 0.6 is 0 Å². The lowest BCUT2D eigenvalue weighted by atomic mass is 9.99. The van der Waals surface area contributed by atoms with Crippen molar-refractivity contribution in [2.24, 2.45) is 5.16 Å². The van der Waals surface area contributed by atoms with Crippen LogP contribution in [0.15, 0.2) is 53.7 Å². The molecule has 1 saturated heterocycles. The van der Waals surface area contributed by atoms with E-state index >= 15 is 0 Å². The second-order valence-corrected chi connectivity index (χ2v) is 7.99. The SMILES string of the molecule is CCO[C@@H]1[C@@H](OC)[C@H](C)O[C@@H](O/N=C/c2ccc(/C=C/c3cccc(C(F)(F)F)c3)cc2)[C@@H]1OC. The number of halogens is 3. The fourth-order valence-electron chi connectivity index (χ4n) is 3.87. The molecule has 190 valence electrons. The third kappa shape index (κ3) is 7.14. The largest absolute Gasteiger partial charge is 0.416 e. The molecule has 2 aromatic rings. The monoisotopic (exact) mass is 493 g/mol. The van der Waals surface area contributed by atoms with Gasteiger partial charge in [-0.1, -0.05) is 53.7 Å². The van der Waals surface area contributed by atoms with Gasteiger partial charge in [0, 0.05) is 20.8 Å². The van der Waals surface area contributed by atoms with Gasteiger partial charge in [-0.3, -0.25) is 0 Å². The van der Waals surface area contributed by atoms with Crippen LogP contribution in [0.3, 0.4) is 0 Å². The van der Waals surface area contributed by atoms with E-state index in [2.05, 4.69) is 5.16 Å². The minimum Gasteiger partial charge on any atom is -0.376 e. The number of alkyl halides is 3. The average molecular weight is 494 g/mol. The first-order chi connectivity index (χ1) is 16.8. The van der Waals surface area contributed by atoms with E-state index in [1.807, 2.05) is 38.1 Å². The minimum absolute atomic E-state index is 0.286. The van der Waals surface area contributed by atoms with Crippen molar-refractivity contribution in [3.05, 3.63) is 70.8 Å². The number of ether oxygens (including phenoxy) is 4. The molecule has 9 heteroatoms. The van der Waals surface area contributed by atoms with Crippen molar-refractivity contribution < 1.29 is 37.0 Å². The Labute approximate surface area is 203 Å². The first-order valence-corrected chi connectivity index (χ1v) is 11.2. The number of benzene rings is 2. The molecule has 1 aliphatic heterocycles. The Morgan fingerprint density at radius 2 is 1.57 bits per heavy atom. The average Bonchev–Trinajstić information content (AvgIpc) is 2.83. The molecule has 1 fully saturated rings. The third-order valence-corrected chi connectivity index (χ3v) is 5.62. The predicted molar refractivity (Wildman–Crippen MR) is 127 cm³/mol. The van der Waals surface area contributed by atoms with Crippen molar-refractivity contribution in [3.63, 3.8) is 0 Å². The van der Waals surface area contributed by atoms with Crippen LogP contribution in [0.25, 0.3) is 12.2 Å². The summed E-state index contributed by atoms with van der Waals surface area (Å²) in [4.78, 5) is 5.59. The summed E-state index contributed by atoms with van der Waals surface area (Å²) in [6.07, 6.45) is -1.72. The van der Waals surface area contributed by atoms with Crippen molar-refractivity contribution in [2.75, 3.05) is 20.8 Å². The lowest BCUT2D eigenvalue weighted by Crippen LogP contribution is -2.59. The number of hydrogen-bond acceptors (Lipinski definition) is 6. The van der Waals surface area contributed by atoms with Gasteiger partial charge in [0.2, 0.25) is 0 Å². The molecule has 0 aliphatic carbocycles. The van der Waals surface area contributed by atoms with Crippen LogP contribution in [-0.2, 0) is 30.0 Å². The van der Waals surface area contributed by atoms with Gasteiger partial charge < -0.3 is 23.8 Å². The van der Waals surface area contributed by atoms with E-state index in [1.165, 1.54) is 6.07 Å². The molecule has 0 aromatic heterocycles. The molecule has 5 atom stereocenters. The molecule has 3 rings (SSSR count). The van der Waals surface area contributed by atoms with E-state index in [0.29, 0.717) is 12.2 Å². The molecule has 0 saturated carbocycles. The maximum Gasteiger partial charge on any atom is 0.416 e. The summed E-state index contributed by atoms with van der Waals surface area (Å²) in [5.74, 6) is 0. The van der Waals surface area contributed by atoms with Gasteiger partial charge in [0.05, 0.1) is 17.9 Å². The fourth-order valence-corrected chi connectivity index (χ4v) is 3.87. The van der Waals surface area contributed by atoms with Crippen molar-refractivity contribution in [1.82, 2.24) is 0 Å². The zero-order valence-corrected chi connectivity index (χ0v) is 20.1. The standard InChI is InChI=1S/C26H30F3NO5/c1-5-33-23-22(31-3)17(2)34-25(24(23)32-4)35-30-16-20-13-10-18(11-14-20)9-12-19-7-6-8-21(15-19)26(27,28)29/h6-17,22-25H,5H2,1-4H3/b12-9+,30-16+/t17-,22-,23+,24+,25-/m0/s1. The zero-order chi connectivity index (χ0) is 25.4. The maximum atomic E-state index is 12.9. The van der Waals surface area contributed by atoms with E-state index in [-0.39, 0.29) is 18.3 Å². The lowest BCUT2D eigenvalue weighted by Gasteiger charge is -2.42. The first kappa shape index (κ1) is 26.9. The molecule has 0 spiro atoms. The quantitative estimate of drug-likeness (QED) is 0.266. The molecule has 1 heterocycles. The van der Waals surface area contributed by atoms with E-state index in [4.69, 9.17) is 23.8 Å². The Bertz CT molecular complexity index is 993. The van der Waals surface area contributed by atoms with Gasteiger partial charge in [0.25, 0.3) is 6.29 Å². The zero-order valence-electron chi connectivity index (χ0n) is 20.1. The lowest BCUT2D eigenvalue weighted by molar-refractivity contribution is -0.308. The highest BCUT2D eigenvalue weighted by Crippen LogP contribution is 2.30. The first-order valence-electron chi connectivity index (χ1n) is 11.2. The van der Waals surface area contributed by atoms with E-state index in [1.54, 1.807) is 38.7 Å². The van der Waals surface area contributed by atoms with Crippen molar-refractivity contribution in [1.29, 1.82) is 0 Å². The molecule has 35 heavy (non-hydrogen) atoms. The molecular formula is C26H30F3NO5. The van der Waals surface area contributed by atoms with Crippen molar-refractivity contribution in [2.45, 2.75) is 50.7 Å². The van der Waals surface area contributed by atoms with Gasteiger partial charge in [-0.15, -0.1) is 0 Å². The van der Waals surface area contributed by atoms with Gasteiger partial charge in [-0.2, -0.15) is 13.2 Å². The molecule has 0 unspecified atom stereocenters. The normalized spacial score (nSPS) is 25.4. The topological polar surface area (TPSA) is 58.5 Å². The molecule has 2 aromatic carbocycles. The number of rotatable bonds is 9. The highest BCUT2D eigenvalue weighted by Gasteiger charge is 2.47. The Kier molecular flexibility index (Phi) is 9.45. The highest BCUT2D eigenvalue weighted by atomic mass is 19.4. The predicted octanol–water partition coefficient (Wildman–Crippen LogP) is 5.41. The Balaban J connectivity index is 1.62. The van der Waals surface area contributed by atoms with Crippen LogP contribution in [0.4, 0.5) is 13.2 Å². The molecule has 0 amide bonds. The van der Waals surface area contributed by atoms with Gasteiger partial charge in [0.15, 0.2) is 6.10 Å². The van der Waals surface area contributed by atoms with E-state index in [9.17, 15) is 13.2 Å². The molecule has 1 aliphatic rings. The van der Waals surface area contributed by atoms with Gasteiger partial charge in [-0.05, 0) is 42.7 Å². The van der Waals surface area contributed by atoms with Crippen LogP contribution in [0.1, 0.15) is 36.1 Å². The van der Waals surface area contributed by atoms with E-state index in [0.717, 1.165) is 23.3 Å². The summed E-state index contributed by atoms with van der Waals surface area (Å²) >= 11 is 0. The molecule has 0 bridgehead atoms. The van der Waals surface area contributed by atoms with Gasteiger partial charge >= 0.3 is 6.18 Å². The summed E-state index contributed by atoms with van der Waals surface area (Å²) in [6.45, 7) is 4.26. The summed E-state index contributed by atoms with van der Waals surface area (Å²) < 4.78 is 61.4. The fraction of sp³-hybridized carbons (Fsp3) is 0.423.